The van der Waals surface area contributed by atoms with Crippen molar-refractivity contribution >= 4 is 30.7 Å². The number of para-hydroxylation sites is 1. The zero-order chi connectivity index (χ0) is 13.9. The van der Waals surface area contributed by atoms with Crippen molar-refractivity contribution in [3.05, 3.63) is 65.7 Å². The van der Waals surface area contributed by atoms with Crippen molar-refractivity contribution in [2.75, 3.05) is 0 Å². The predicted octanol–water partition coefficient (Wildman–Crippen LogP) is 2.77. The fraction of sp³-hybridized carbons (Fsp3) is 0.188. The Morgan fingerprint density at radius 1 is 1.00 bits per heavy atom. The number of carbonyl (C=O) groups is 1. The summed E-state index contributed by atoms with van der Waals surface area (Å²) < 4.78 is 5.55. The summed E-state index contributed by atoms with van der Waals surface area (Å²) in [6, 6.07) is 16.8. The molecule has 98 valence electrons. The third-order valence-corrected chi connectivity index (χ3v) is 4.11. The molecular formula is C16H17BiO2. The Kier molecular flexibility index (Phi) is 4.36. The van der Waals surface area contributed by atoms with Crippen LogP contribution < -0.4 is 4.74 Å². The molecule has 0 aliphatic heterocycles. The summed E-state index contributed by atoms with van der Waals surface area (Å²) in [6.07, 6.45) is 0. The van der Waals surface area contributed by atoms with Crippen LogP contribution in [-0.2, 0) is 3.12 Å². The van der Waals surface area contributed by atoms with Gasteiger partial charge in [-0.2, -0.15) is 0 Å². The van der Waals surface area contributed by atoms with Gasteiger partial charge in [-0.3, -0.25) is 0 Å². The van der Waals surface area contributed by atoms with Crippen molar-refractivity contribution in [2.45, 2.75) is 17.0 Å². The molecule has 0 saturated carbocycles. The molecule has 0 unspecified atom stereocenters. The predicted molar refractivity (Wildman–Crippen MR) is 79.4 cm³/mol. The maximum atomic E-state index is 12.0. The Morgan fingerprint density at radius 3 is 2.11 bits per heavy atom. The van der Waals surface area contributed by atoms with Crippen molar-refractivity contribution in [3.8, 4) is 5.75 Å². The first-order valence-corrected chi connectivity index (χ1v) is 8.38. The second-order valence-electron chi connectivity index (χ2n) is 5.00. The Bertz CT molecular complexity index is 554. The zero-order valence-corrected chi connectivity index (χ0v) is 15.6. The molecule has 0 bridgehead atoms. The molecule has 2 aromatic carbocycles. The van der Waals surface area contributed by atoms with Gasteiger partial charge >= 0.3 is 129 Å². The van der Waals surface area contributed by atoms with Gasteiger partial charge in [0.05, 0.1) is 0 Å². The van der Waals surface area contributed by atoms with Gasteiger partial charge in [-0.05, 0) is 0 Å². The van der Waals surface area contributed by atoms with Gasteiger partial charge in [0.1, 0.15) is 0 Å². The molecule has 2 aromatic rings. The van der Waals surface area contributed by atoms with Gasteiger partial charge in [-0.15, -0.1) is 0 Å². The first kappa shape index (κ1) is 14.2. The number of ether oxygens (including phenoxy) is 1. The molecule has 0 aliphatic carbocycles. The number of hydrogen-bond donors (Lipinski definition) is 0. The van der Waals surface area contributed by atoms with Crippen LogP contribution in [0.3, 0.4) is 0 Å². The SMILES string of the molecule is C[C](C)([BiH2])c1ccc(C(=O)Oc2ccccc2)cc1. The van der Waals surface area contributed by atoms with Crippen LogP contribution in [0.4, 0.5) is 0 Å². The van der Waals surface area contributed by atoms with Gasteiger partial charge in [0.15, 0.2) is 0 Å². The van der Waals surface area contributed by atoms with Gasteiger partial charge in [0.25, 0.3) is 0 Å². The van der Waals surface area contributed by atoms with E-state index in [1.807, 2.05) is 42.5 Å². The van der Waals surface area contributed by atoms with Gasteiger partial charge in [0.2, 0.25) is 0 Å². The van der Waals surface area contributed by atoms with E-state index in [9.17, 15) is 4.79 Å². The first-order valence-electron chi connectivity index (χ1n) is 6.13. The van der Waals surface area contributed by atoms with Crippen LogP contribution in [0.2, 0.25) is 0 Å². The van der Waals surface area contributed by atoms with Crippen LogP contribution >= 0.6 is 0 Å². The summed E-state index contributed by atoms with van der Waals surface area (Å²) in [5.41, 5.74) is 1.86. The fourth-order valence-corrected chi connectivity index (χ4v) is 2.44. The minimum absolute atomic E-state index is 0.252. The maximum absolute atomic E-state index is 12.0. The van der Waals surface area contributed by atoms with Crippen LogP contribution in [-0.4, -0.2) is 30.7 Å². The Labute approximate surface area is 128 Å². The van der Waals surface area contributed by atoms with E-state index < -0.39 is 0 Å². The average Bonchev–Trinajstić information content (AvgIpc) is 2.39. The number of rotatable bonds is 3. The molecule has 0 aliphatic rings. The van der Waals surface area contributed by atoms with E-state index in [4.69, 9.17) is 4.74 Å². The second-order valence-corrected chi connectivity index (χ2v) is 10.6. The molecule has 19 heavy (non-hydrogen) atoms. The summed E-state index contributed by atoms with van der Waals surface area (Å²) in [4.78, 5) is 12.0. The summed E-state index contributed by atoms with van der Waals surface area (Å²) in [7, 11) is 0. The molecule has 0 saturated heterocycles. The quantitative estimate of drug-likeness (QED) is 0.409. The summed E-state index contributed by atoms with van der Waals surface area (Å²) >= 11 is 0.861. The van der Waals surface area contributed by atoms with Crippen LogP contribution in [0, 0.1) is 0 Å². The average molecular weight is 450 g/mol. The number of esters is 1. The molecule has 0 heterocycles. The van der Waals surface area contributed by atoms with Gasteiger partial charge < -0.3 is 0 Å². The summed E-state index contributed by atoms with van der Waals surface area (Å²) in [5.74, 6) is 0.257. The van der Waals surface area contributed by atoms with Crippen LogP contribution in [0.25, 0.3) is 0 Å². The summed E-state index contributed by atoms with van der Waals surface area (Å²) in [6.45, 7) is 4.43. The van der Waals surface area contributed by atoms with Crippen molar-refractivity contribution < 1.29 is 9.53 Å². The molecule has 0 spiro atoms. The molecule has 0 aromatic heterocycles. The molecule has 0 atom stereocenters. The van der Waals surface area contributed by atoms with Gasteiger partial charge in [-0.25, -0.2) is 0 Å². The first-order chi connectivity index (χ1) is 8.97. The number of hydrogen-bond acceptors (Lipinski definition) is 2. The van der Waals surface area contributed by atoms with Crippen molar-refractivity contribution in [1.82, 2.24) is 0 Å². The standard InChI is InChI=1S/C16H15O2.Bi.2H/c1-12(2)13-8-10-14(11-9-13)16(17)18-15-6-4-3-5-7-15;;;/h3-11H,1-2H3;;;. The Hall–Kier alpha value is -1.21. The van der Waals surface area contributed by atoms with Gasteiger partial charge in [0, 0.05) is 0 Å². The number of carbonyl (C=O) groups excluding carboxylic acids is 1. The number of benzene rings is 2. The van der Waals surface area contributed by atoms with Crippen LogP contribution in [0.5, 0.6) is 5.75 Å². The molecule has 0 radical (unpaired) electrons. The molecule has 2 nitrogen and oxygen atoms in total. The Balaban J connectivity index is 2.12. The van der Waals surface area contributed by atoms with E-state index in [-0.39, 0.29) is 9.09 Å². The van der Waals surface area contributed by atoms with E-state index >= 15 is 0 Å². The third-order valence-electron chi connectivity index (χ3n) is 2.82. The third kappa shape index (κ3) is 3.88. The topological polar surface area (TPSA) is 26.3 Å². The second kappa shape index (κ2) is 5.83. The van der Waals surface area contributed by atoms with E-state index in [0.29, 0.717) is 11.3 Å². The minimum atomic E-state index is -0.314. The molecular weight excluding hydrogens is 433 g/mol. The Morgan fingerprint density at radius 2 is 1.58 bits per heavy atom. The molecule has 0 fully saturated rings. The van der Waals surface area contributed by atoms with E-state index in [1.54, 1.807) is 12.1 Å². The van der Waals surface area contributed by atoms with E-state index in [1.165, 1.54) is 5.56 Å². The summed E-state index contributed by atoms with van der Waals surface area (Å²) in [5, 5.41) is 0. The zero-order valence-electron chi connectivity index (χ0n) is 11.1. The van der Waals surface area contributed by atoms with Gasteiger partial charge in [-0.1, -0.05) is 0 Å². The molecule has 2 rings (SSSR count). The van der Waals surface area contributed by atoms with Crippen LogP contribution in [0.15, 0.2) is 54.6 Å². The normalized spacial score (nSPS) is 11.1. The van der Waals surface area contributed by atoms with Crippen molar-refractivity contribution in [3.63, 3.8) is 0 Å². The van der Waals surface area contributed by atoms with E-state index in [0.717, 1.165) is 24.7 Å². The van der Waals surface area contributed by atoms with Crippen LogP contribution in [0.1, 0.15) is 29.8 Å². The molecule has 0 amide bonds. The monoisotopic (exact) mass is 450 g/mol. The van der Waals surface area contributed by atoms with E-state index in [2.05, 4.69) is 13.8 Å². The van der Waals surface area contributed by atoms with Crippen molar-refractivity contribution in [2.24, 2.45) is 0 Å². The molecule has 3 heteroatoms. The molecule has 0 N–H and O–H groups in total. The fourth-order valence-electron chi connectivity index (χ4n) is 1.69. The van der Waals surface area contributed by atoms with Crippen molar-refractivity contribution in [1.29, 1.82) is 0 Å².